The van der Waals surface area contributed by atoms with E-state index in [0.717, 1.165) is 29.5 Å². The minimum absolute atomic E-state index is 0.0107. The van der Waals surface area contributed by atoms with Crippen molar-refractivity contribution in [2.75, 3.05) is 0 Å². The maximum absolute atomic E-state index is 13.3. The number of aromatic hydroxyl groups is 1. The molecule has 0 aromatic heterocycles. The van der Waals surface area contributed by atoms with Gasteiger partial charge in [-0.1, -0.05) is 44.6 Å². The van der Waals surface area contributed by atoms with Gasteiger partial charge in [-0.05, 0) is 104 Å². The largest absolute Gasteiger partial charge is 0.507 e. The average Bonchev–Trinajstić information content (AvgIpc) is 2.73. The Bertz CT molecular complexity index is 846. The monoisotopic (exact) mass is 392 g/mol. The lowest BCUT2D eigenvalue weighted by molar-refractivity contribution is -0.119. The van der Waals surface area contributed by atoms with Crippen LogP contribution >= 0.6 is 0 Å². The van der Waals surface area contributed by atoms with Crippen molar-refractivity contribution >= 4 is 11.4 Å². The van der Waals surface area contributed by atoms with E-state index in [9.17, 15) is 9.90 Å². The molecular weight excluding hydrogens is 356 g/mol. The fourth-order valence-corrected chi connectivity index (χ4v) is 6.11. The number of hydrogen-bond donors (Lipinski definition) is 1. The quantitative estimate of drug-likeness (QED) is 0.588. The average molecular weight is 393 g/mol. The molecule has 3 aliphatic rings. The van der Waals surface area contributed by atoms with Crippen LogP contribution in [0.5, 0.6) is 5.75 Å². The third-order valence-electron chi connectivity index (χ3n) is 7.65. The molecule has 2 heteroatoms. The van der Waals surface area contributed by atoms with E-state index in [1.807, 2.05) is 13.8 Å². The third kappa shape index (κ3) is 3.96. The second kappa shape index (κ2) is 8.50. The maximum Gasteiger partial charge on any atom is 0.166 e. The molecule has 2 nitrogen and oxygen atoms in total. The Morgan fingerprint density at radius 1 is 0.862 bits per heavy atom. The molecule has 0 saturated heterocycles. The van der Waals surface area contributed by atoms with Gasteiger partial charge in [0.2, 0.25) is 0 Å². The van der Waals surface area contributed by atoms with Crippen molar-refractivity contribution in [1.29, 1.82) is 0 Å². The van der Waals surface area contributed by atoms with Gasteiger partial charge in [0.05, 0.1) is 5.92 Å². The lowest BCUT2D eigenvalue weighted by Gasteiger charge is -2.35. The molecule has 1 aromatic carbocycles. The summed E-state index contributed by atoms with van der Waals surface area (Å²) >= 11 is 0. The summed E-state index contributed by atoms with van der Waals surface area (Å²) < 4.78 is 0. The molecule has 0 spiro atoms. The van der Waals surface area contributed by atoms with Crippen molar-refractivity contribution in [3.8, 4) is 5.75 Å². The normalized spacial score (nSPS) is 24.7. The molecule has 3 aliphatic carbocycles. The summed E-state index contributed by atoms with van der Waals surface area (Å²) in [6.07, 6.45) is 14.3. The number of aryl methyl sites for hydroxylation is 1. The van der Waals surface area contributed by atoms with Crippen LogP contribution in [0.4, 0.5) is 0 Å². The van der Waals surface area contributed by atoms with Gasteiger partial charge < -0.3 is 5.11 Å². The lowest BCUT2D eigenvalue weighted by Crippen LogP contribution is -2.30. The van der Waals surface area contributed by atoms with E-state index in [1.54, 1.807) is 0 Å². The highest BCUT2D eigenvalue weighted by atomic mass is 16.3. The van der Waals surface area contributed by atoms with Gasteiger partial charge in [0.1, 0.15) is 5.75 Å². The topological polar surface area (TPSA) is 37.3 Å². The minimum atomic E-state index is -0.0107. The highest BCUT2D eigenvalue weighted by Crippen LogP contribution is 2.46. The Hall–Kier alpha value is -1.83. The van der Waals surface area contributed by atoms with Crippen LogP contribution in [0.3, 0.4) is 0 Å². The van der Waals surface area contributed by atoms with E-state index in [0.29, 0.717) is 23.4 Å². The van der Waals surface area contributed by atoms with Crippen molar-refractivity contribution in [3.05, 3.63) is 46.0 Å². The molecule has 1 atom stereocenters. The van der Waals surface area contributed by atoms with Gasteiger partial charge in [-0.25, -0.2) is 0 Å². The van der Waals surface area contributed by atoms with Crippen LogP contribution in [0.15, 0.2) is 29.4 Å². The van der Waals surface area contributed by atoms with Crippen LogP contribution in [-0.2, 0) is 4.79 Å². The first-order valence-corrected chi connectivity index (χ1v) is 11.7. The van der Waals surface area contributed by atoms with Crippen LogP contribution < -0.4 is 0 Å². The van der Waals surface area contributed by atoms with Gasteiger partial charge in [0.25, 0.3) is 0 Å². The zero-order chi connectivity index (χ0) is 20.5. The molecule has 0 heterocycles. The van der Waals surface area contributed by atoms with Crippen LogP contribution in [0.1, 0.15) is 101 Å². The molecule has 4 rings (SSSR count). The fourth-order valence-electron chi connectivity index (χ4n) is 6.11. The maximum atomic E-state index is 13.3. The van der Waals surface area contributed by atoms with Gasteiger partial charge in [-0.3, -0.25) is 4.79 Å². The Kier molecular flexibility index (Phi) is 5.99. The van der Waals surface area contributed by atoms with E-state index in [1.165, 1.54) is 68.1 Å². The highest BCUT2D eigenvalue weighted by Gasteiger charge is 2.37. The smallest absolute Gasteiger partial charge is 0.166 e. The number of Topliss-reactive ketones (excluding diaryl/α,β-unsaturated/α-hetero) is 1. The first kappa shape index (κ1) is 20.4. The molecule has 2 saturated carbocycles. The Morgan fingerprint density at radius 2 is 1.48 bits per heavy atom. The molecule has 1 aromatic rings. The van der Waals surface area contributed by atoms with Gasteiger partial charge in [-0.15, -0.1) is 0 Å². The summed E-state index contributed by atoms with van der Waals surface area (Å²) in [5.41, 5.74) is 6.60. The Morgan fingerprint density at radius 3 is 2.14 bits per heavy atom. The van der Waals surface area contributed by atoms with Crippen LogP contribution in [0, 0.1) is 18.8 Å². The molecule has 1 N–H and O–H groups in total. The molecule has 156 valence electrons. The standard InChI is InChI=1S/C27H36O2/c1-17-14-18(2)27(29)25(21-12-8-5-9-13-21)24(17)22-15-19(3)26(28)23(16-22)20-10-6-4-7-11-20/h14-16,20-21,25,28H,4-13H2,1-3H3. The number of phenolic OH excluding ortho intramolecular Hbond substituents is 1. The van der Waals surface area contributed by atoms with Gasteiger partial charge in [0, 0.05) is 0 Å². The number of carbonyl (C=O) groups excluding carboxylic acids is 1. The van der Waals surface area contributed by atoms with Crippen LogP contribution in [0.25, 0.3) is 5.57 Å². The number of phenols is 1. The van der Waals surface area contributed by atoms with Crippen molar-refractivity contribution < 1.29 is 9.90 Å². The van der Waals surface area contributed by atoms with Crippen molar-refractivity contribution in [2.45, 2.75) is 90.9 Å². The highest BCUT2D eigenvalue weighted by molar-refractivity contribution is 6.07. The molecule has 0 bridgehead atoms. The SMILES string of the molecule is CC1=CC(C)=C(c2cc(C)c(O)c(C3CCCCC3)c2)C(C2CCCCC2)C1=O. The number of rotatable bonds is 3. The predicted molar refractivity (Wildman–Crippen MR) is 120 cm³/mol. The molecule has 0 amide bonds. The third-order valence-corrected chi connectivity index (χ3v) is 7.65. The van der Waals surface area contributed by atoms with Crippen molar-refractivity contribution in [1.82, 2.24) is 0 Å². The zero-order valence-corrected chi connectivity index (χ0v) is 18.4. The first-order valence-electron chi connectivity index (χ1n) is 11.7. The van der Waals surface area contributed by atoms with Crippen molar-refractivity contribution in [2.24, 2.45) is 11.8 Å². The van der Waals surface area contributed by atoms with E-state index < -0.39 is 0 Å². The van der Waals surface area contributed by atoms with Gasteiger partial charge in [-0.2, -0.15) is 0 Å². The second-order valence-corrected chi connectivity index (χ2v) is 9.73. The fraction of sp³-hybridized carbons (Fsp3) is 0.593. The van der Waals surface area contributed by atoms with E-state index >= 15 is 0 Å². The zero-order valence-electron chi connectivity index (χ0n) is 18.4. The number of ketones is 1. The molecule has 2 fully saturated rings. The van der Waals surface area contributed by atoms with E-state index in [4.69, 9.17) is 0 Å². The first-order chi connectivity index (χ1) is 14.0. The summed E-state index contributed by atoms with van der Waals surface area (Å²) in [7, 11) is 0. The summed E-state index contributed by atoms with van der Waals surface area (Å²) in [5.74, 6) is 1.69. The molecule has 0 aliphatic heterocycles. The molecular formula is C27H36O2. The van der Waals surface area contributed by atoms with E-state index in [-0.39, 0.29) is 5.92 Å². The summed E-state index contributed by atoms with van der Waals surface area (Å²) in [4.78, 5) is 13.3. The number of carbonyl (C=O) groups is 1. The second-order valence-electron chi connectivity index (χ2n) is 9.73. The van der Waals surface area contributed by atoms with Gasteiger partial charge in [0.15, 0.2) is 5.78 Å². The summed E-state index contributed by atoms with van der Waals surface area (Å²) in [6.45, 7) is 6.17. The molecule has 0 radical (unpaired) electrons. The summed E-state index contributed by atoms with van der Waals surface area (Å²) in [5, 5.41) is 10.9. The number of allylic oxidation sites excluding steroid dienone is 4. The Labute approximate surface area is 176 Å². The van der Waals surface area contributed by atoms with Crippen molar-refractivity contribution in [3.63, 3.8) is 0 Å². The molecule has 1 unspecified atom stereocenters. The van der Waals surface area contributed by atoms with Crippen LogP contribution in [-0.4, -0.2) is 10.9 Å². The lowest BCUT2D eigenvalue weighted by atomic mass is 9.68. The minimum Gasteiger partial charge on any atom is -0.507 e. The predicted octanol–water partition coefficient (Wildman–Crippen LogP) is 7.25. The number of hydrogen-bond acceptors (Lipinski definition) is 2. The van der Waals surface area contributed by atoms with E-state index in [2.05, 4.69) is 25.1 Å². The molecule has 29 heavy (non-hydrogen) atoms. The summed E-state index contributed by atoms with van der Waals surface area (Å²) in [6, 6.07) is 4.35. The Balaban J connectivity index is 1.80. The van der Waals surface area contributed by atoms with Gasteiger partial charge >= 0.3 is 0 Å². The van der Waals surface area contributed by atoms with Crippen LogP contribution in [0.2, 0.25) is 0 Å². The number of benzene rings is 1.